The Labute approximate surface area is 149 Å². The lowest BCUT2D eigenvalue weighted by Gasteiger charge is -2.39. The SMILES string of the molecule is COc1ccc([C@@H]2[C@H](C(=O)NC3CCCCC3)CCC(=O)N2C)cc1. The van der Waals surface area contributed by atoms with E-state index < -0.39 is 0 Å². The third-order valence-electron chi connectivity index (χ3n) is 5.61. The average molecular weight is 344 g/mol. The van der Waals surface area contributed by atoms with E-state index in [4.69, 9.17) is 4.74 Å². The highest BCUT2D eigenvalue weighted by atomic mass is 16.5. The largest absolute Gasteiger partial charge is 0.497 e. The first-order chi connectivity index (χ1) is 12.1. The van der Waals surface area contributed by atoms with Crippen LogP contribution in [0.1, 0.15) is 56.6 Å². The van der Waals surface area contributed by atoms with Gasteiger partial charge < -0.3 is 15.0 Å². The van der Waals surface area contributed by atoms with Crippen LogP contribution in [0.15, 0.2) is 24.3 Å². The number of rotatable bonds is 4. The highest BCUT2D eigenvalue weighted by Gasteiger charge is 2.39. The summed E-state index contributed by atoms with van der Waals surface area (Å²) >= 11 is 0. The third-order valence-corrected chi connectivity index (χ3v) is 5.61. The number of carbonyl (C=O) groups excluding carboxylic acids is 2. The van der Waals surface area contributed by atoms with Crippen LogP contribution in [-0.4, -0.2) is 36.9 Å². The number of methoxy groups -OCH3 is 1. The summed E-state index contributed by atoms with van der Waals surface area (Å²) in [5.74, 6) is 0.768. The number of benzene rings is 1. The molecule has 0 spiro atoms. The Hall–Kier alpha value is -2.04. The van der Waals surface area contributed by atoms with E-state index in [1.807, 2.05) is 24.3 Å². The van der Waals surface area contributed by atoms with Crippen LogP contribution in [0.2, 0.25) is 0 Å². The van der Waals surface area contributed by atoms with Gasteiger partial charge >= 0.3 is 0 Å². The van der Waals surface area contributed by atoms with Crippen LogP contribution in [0, 0.1) is 5.92 Å². The highest BCUT2D eigenvalue weighted by molar-refractivity contribution is 5.85. The van der Waals surface area contributed by atoms with Crippen molar-refractivity contribution in [2.24, 2.45) is 5.92 Å². The molecular weight excluding hydrogens is 316 g/mol. The van der Waals surface area contributed by atoms with Crippen molar-refractivity contribution in [2.45, 2.75) is 57.0 Å². The number of ether oxygens (including phenoxy) is 1. The van der Waals surface area contributed by atoms with Gasteiger partial charge in [0.05, 0.1) is 19.1 Å². The summed E-state index contributed by atoms with van der Waals surface area (Å²) < 4.78 is 5.22. The fourth-order valence-electron chi connectivity index (χ4n) is 4.12. The normalized spacial score (nSPS) is 24.9. The summed E-state index contributed by atoms with van der Waals surface area (Å²) in [6.45, 7) is 0. The fourth-order valence-corrected chi connectivity index (χ4v) is 4.12. The number of piperidine rings is 1. The van der Waals surface area contributed by atoms with Gasteiger partial charge in [0.1, 0.15) is 5.75 Å². The van der Waals surface area contributed by atoms with Crippen molar-refractivity contribution in [2.75, 3.05) is 14.2 Å². The van der Waals surface area contributed by atoms with E-state index >= 15 is 0 Å². The molecular formula is C20H28N2O3. The standard InChI is InChI=1S/C20H28N2O3/c1-22-18(23)13-12-17(20(24)21-15-6-4-3-5-7-15)19(22)14-8-10-16(25-2)11-9-14/h8-11,15,17,19H,3-7,12-13H2,1-2H3,(H,21,24)/t17-,19-/m1/s1. The molecule has 25 heavy (non-hydrogen) atoms. The van der Waals surface area contributed by atoms with E-state index in [1.54, 1.807) is 19.1 Å². The molecule has 5 nitrogen and oxygen atoms in total. The van der Waals surface area contributed by atoms with Gasteiger partial charge in [0.25, 0.3) is 0 Å². The van der Waals surface area contributed by atoms with E-state index in [9.17, 15) is 9.59 Å². The summed E-state index contributed by atoms with van der Waals surface area (Å²) in [5, 5.41) is 3.24. The van der Waals surface area contributed by atoms with Crippen molar-refractivity contribution in [3.8, 4) is 5.75 Å². The van der Waals surface area contributed by atoms with Crippen LogP contribution < -0.4 is 10.1 Å². The zero-order chi connectivity index (χ0) is 17.8. The minimum absolute atomic E-state index is 0.0899. The summed E-state index contributed by atoms with van der Waals surface area (Å²) in [7, 11) is 3.43. The van der Waals surface area contributed by atoms with E-state index in [0.717, 1.165) is 24.2 Å². The smallest absolute Gasteiger partial charge is 0.225 e. The van der Waals surface area contributed by atoms with Crippen LogP contribution >= 0.6 is 0 Å². The maximum absolute atomic E-state index is 13.0. The van der Waals surface area contributed by atoms with Crippen LogP contribution in [0.4, 0.5) is 0 Å². The van der Waals surface area contributed by atoms with Crippen molar-refractivity contribution >= 4 is 11.8 Å². The van der Waals surface area contributed by atoms with Crippen LogP contribution in [0.25, 0.3) is 0 Å². The molecule has 1 aromatic rings. The summed E-state index contributed by atoms with van der Waals surface area (Å²) in [6, 6.07) is 7.77. The van der Waals surface area contributed by atoms with Gasteiger partial charge in [0.2, 0.25) is 11.8 Å². The Morgan fingerprint density at radius 1 is 1.12 bits per heavy atom. The van der Waals surface area contributed by atoms with Gasteiger partial charge in [-0.15, -0.1) is 0 Å². The monoisotopic (exact) mass is 344 g/mol. The zero-order valence-corrected chi connectivity index (χ0v) is 15.2. The first kappa shape index (κ1) is 17.8. The lowest BCUT2D eigenvalue weighted by Crippen LogP contribution is -2.48. The number of carbonyl (C=O) groups is 2. The lowest BCUT2D eigenvalue weighted by atomic mass is 9.83. The molecule has 2 aliphatic rings. The molecule has 2 fully saturated rings. The quantitative estimate of drug-likeness (QED) is 0.913. The number of nitrogens with zero attached hydrogens (tertiary/aromatic N) is 1. The number of likely N-dealkylation sites (tertiary alicyclic amines) is 1. The first-order valence-electron chi connectivity index (χ1n) is 9.30. The maximum atomic E-state index is 13.0. The molecule has 1 aliphatic heterocycles. The Balaban J connectivity index is 1.78. The molecule has 0 unspecified atom stereocenters. The van der Waals surface area contributed by atoms with Gasteiger partial charge in [0, 0.05) is 19.5 Å². The topological polar surface area (TPSA) is 58.6 Å². The predicted octanol–water partition coefficient (Wildman–Crippen LogP) is 3.05. The molecule has 2 atom stereocenters. The molecule has 0 radical (unpaired) electrons. The molecule has 1 saturated heterocycles. The fraction of sp³-hybridized carbons (Fsp3) is 0.600. The second-order valence-corrected chi connectivity index (χ2v) is 7.21. The maximum Gasteiger partial charge on any atom is 0.225 e. The number of amides is 2. The van der Waals surface area contributed by atoms with Gasteiger partial charge in [-0.05, 0) is 37.0 Å². The summed E-state index contributed by atoms with van der Waals surface area (Å²) in [5.41, 5.74) is 0.986. The molecule has 1 heterocycles. The van der Waals surface area contributed by atoms with Gasteiger partial charge in [-0.2, -0.15) is 0 Å². The van der Waals surface area contributed by atoms with E-state index in [-0.39, 0.29) is 23.8 Å². The number of hydrogen-bond acceptors (Lipinski definition) is 3. The second kappa shape index (κ2) is 7.89. The Bertz CT molecular complexity index is 608. The molecule has 1 N–H and O–H groups in total. The van der Waals surface area contributed by atoms with Gasteiger partial charge in [0.15, 0.2) is 0 Å². The van der Waals surface area contributed by atoms with Gasteiger partial charge in [-0.25, -0.2) is 0 Å². The number of nitrogens with one attached hydrogen (secondary N) is 1. The molecule has 1 aliphatic carbocycles. The minimum Gasteiger partial charge on any atom is -0.497 e. The Kier molecular flexibility index (Phi) is 5.61. The molecule has 0 aromatic heterocycles. The molecule has 1 saturated carbocycles. The van der Waals surface area contributed by atoms with E-state index in [1.165, 1.54) is 19.3 Å². The average Bonchev–Trinajstić information content (AvgIpc) is 2.64. The van der Waals surface area contributed by atoms with Gasteiger partial charge in [-0.3, -0.25) is 9.59 Å². The van der Waals surface area contributed by atoms with Crippen molar-refractivity contribution in [3.05, 3.63) is 29.8 Å². The summed E-state index contributed by atoms with van der Waals surface area (Å²) in [6.07, 6.45) is 6.83. The predicted molar refractivity (Wildman–Crippen MR) is 96.2 cm³/mol. The summed E-state index contributed by atoms with van der Waals surface area (Å²) in [4.78, 5) is 26.9. The van der Waals surface area contributed by atoms with Gasteiger partial charge in [-0.1, -0.05) is 31.4 Å². The van der Waals surface area contributed by atoms with Crippen LogP contribution in [-0.2, 0) is 9.59 Å². The van der Waals surface area contributed by atoms with Crippen molar-refractivity contribution in [1.29, 1.82) is 0 Å². The molecule has 5 heteroatoms. The zero-order valence-electron chi connectivity index (χ0n) is 15.2. The molecule has 2 amide bonds. The van der Waals surface area contributed by atoms with E-state index in [0.29, 0.717) is 18.9 Å². The molecule has 3 rings (SSSR count). The third kappa shape index (κ3) is 3.97. The van der Waals surface area contributed by atoms with Crippen molar-refractivity contribution in [1.82, 2.24) is 10.2 Å². The van der Waals surface area contributed by atoms with Crippen molar-refractivity contribution in [3.63, 3.8) is 0 Å². The molecule has 0 bridgehead atoms. The first-order valence-corrected chi connectivity index (χ1v) is 9.30. The lowest BCUT2D eigenvalue weighted by molar-refractivity contribution is -0.142. The van der Waals surface area contributed by atoms with E-state index in [2.05, 4.69) is 5.32 Å². The highest BCUT2D eigenvalue weighted by Crippen LogP contribution is 2.36. The second-order valence-electron chi connectivity index (χ2n) is 7.21. The Morgan fingerprint density at radius 2 is 1.80 bits per heavy atom. The molecule has 1 aromatic carbocycles. The Morgan fingerprint density at radius 3 is 2.44 bits per heavy atom. The minimum atomic E-state index is -0.212. The number of hydrogen-bond donors (Lipinski definition) is 1. The van der Waals surface area contributed by atoms with Crippen LogP contribution in [0.3, 0.4) is 0 Å². The molecule has 136 valence electrons. The van der Waals surface area contributed by atoms with Crippen LogP contribution in [0.5, 0.6) is 5.75 Å². The van der Waals surface area contributed by atoms with Crippen molar-refractivity contribution < 1.29 is 14.3 Å².